The number of hydrogen-bond acceptors (Lipinski definition) is 6. The van der Waals surface area contributed by atoms with Crippen LogP contribution in [-0.2, 0) is 21.1 Å². The average Bonchev–Trinajstić information content (AvgIpc) is 3.15. The zero-order valence-electron chi connectivity index (χ0n) is 12.8. The number of rotatable bonds is 2. The molecule has 5 N–H and O–H groups in total. The quantitative estimate of drug-likeness (QED) is 0.707. The summed E-state index contributed by atoms with van der Waals surface area (Å²) < 4.78 is 26.1. The van der Waals surface area contributed by atoms with Crippen LogP contribution in [0, 0.1) is 0 Å². The topological polar surface area (TPSA) is 114 Å². The fraction of sp³-hybridized carbons (Fsp3) is 0.400. The number of benzene rings is 1. The van der Waals surface area contributed by atoms with Crippen molar-refractivity contribution >= 4 is 21.7 Å². The van der Waals surface area contributed by atoms with Crippen molar-refractivity contribution in [2.75, 3.05) is 17.1 Å². The minimum atomic E-state index is -3.38. The van der Waals surface area contributed by atoms with Gasteiger partial charge in [0.05, 0.1) is 11.9 Å². The molecule has 1 spiro atoms. The van der Waals surface area contributed by atoms with Crippen LogP contribution >= 0.6 is 0 Å². The first-order valence-corrected chi connectivity index (χ1v) is 9.30. The molecule has 0 bridgehead atoms. The van der Waals surface area contributed by atoms with Crippen molar-refractivity contribution in [3.05, 3.63) is 41.6 Å². The Kier molecular flexibility index (Phi) is 2.70. The second kappa shape index (κ2) is 4.27. The molecule has 1 aliphatic carbocycles. The van der Waals surface area contributed by atoms with Gasteiger partial charge in [-0.15, -0.1) is 0 Å². The maximum absolute atomic E-state index is 12.3. The van der Waals surface area contributed by atoms with Gasteiger partial charge in [-0.05, 0) is 24.5 Å². The summed E-state index contributed by atoms with van der Waals surface area (Å²) in [5.74, 6) is 0.206. The largest absolute Gasteiger partial charge is 0.370 e. The van der Waals surface area contributed by atoms with Crippen LogP contribution in [0.25, 0.3) is 0 Å². The Morgan fingerprint density at radius 3 is 2.61 bits per heavy atom. The fourth-order valence-electron chi connectivity index (χ4n) is 3.55. The van der Waals surface area contributed by atoms with Crippen LogP contribution in [0.2, 0.25) is 0 Å². The Balaban J connectivity index is 1.93. The third-order valence-corrected chi connectivity index (χ3v) is 6.00. The third-order valence-electron chi connectivity index (χ3n) is 4.89. The molecule has 1 saturated carbocycles. The molecule has 1 fully saturated rings. The van der Waals surface area contributed by atoms with Crippen molar-refractivity contribution in [2.24, 2.45) is 16.5 Å². The highest BCUT2D eigenvalue weighted by Crippen LogP contribution is 2.58. The normalized spacial score (nSPS) is 27.6. The monoisotopic (exact) mass is 333 g/mol. The Bertz CT molecular complexity index is 857. The van der Waals surface area contributed by atoms with Gasteiger partial charge in [0.25, 0.3) is 0 Å². The SMILES string of the molecule is CS(=O)(=O)N1CC2(CC2)c2cccc(C3(N)C=CN=C(N)N3)c21. The molecule has 0 saturated heterocycles. The lowest BCUT2D eigenvalue weighted by Gasteiger charge is -2.33. The Labute approximate surface area is 135 Å². The predicted octanol–water partition coefficient (Wildman–Crippen LogP) is 0.0409. The van der Waals surface area contributed by atoms with Crippen molar-refractivity contribution in [3.8, 4) is 0 Å². The molecule has 23 heavy (non-hydrogen) atoms. The van der Waals surface area contributed by atoms with Gasteiger partial charge in [-0.3, -0.25) is 4.31 Å². The molecule has 2 aliphatic heterocycles. The number of sulfonamides is 1. The highest BCUT2D eigenvalue weighted by molar-refractivity contribution is 7.92. The summed E-state index contributed by atoms with van der Waals surface area (Å²) in [6.07, 6.45) is 6.47. The highest BCUT2D eigenvalue weighted by atomic mass is 32.2. The van der Waals surface area contributed by atoms with Crippen molar-refractivity contribution in [1.29, 1.82) is 0 Å². The van der Waals surface area contributed by atoms with Gasteiger partial charge in [0.2, 0.25) is 10.0 Å². The van der Waals surface area contributed by atoms with Crippen LogP contribution in [0.5, 0.6) is 0 Å². The molecule has 1 atom stereocenters. The number of nitrogens with one attached hydrogen (secondary N) is 1. The number of nitrogens with two attached hydrogens (primary N) is 2. The van der Waals surface area contributed by atoms with Crippen LogP contribution in [-0.4, -0.2) is 27.2 Å². The molecular weight excluding hydrogens is 314 g/mol. The second-order valence-corrected chi connectivity index (χ2v) is 8.48. The molecule has 0 amide bonds. The lowest BCUT2D eigenvalue weighted by atomic mass is 9.91. The molecule has 7 nitrogen and oxygen atoms in total. The molecule has 2 heterocycles. The summed E-state index contributed by atoms with van der Waals surface area (Å²) >= 11 is 0. The van der Waals surface area contributed by atoms with Gasteiger partial charge in [-0.2, -0.15) is 0 Å². The molecule has 122 valence electrons. The maximum atomic E-state index is 12.3. The van der Waals surface area contributed by atoms with Crippen LogP contribution in [0.4, 0.5) is 5.69 Å². The van der Waals surface area contributed by atoms with E-state index in [-0.39, 0.29) is 11.4 Å². The summed E-state index contributed by atoms with van der Waals surface area (Å²) in [6, 6.07) is 5.77. The number of guanidine groups is 1. The molecule has 0 radical (unpaired) electrons. The average molecular weight is 333 g/mol. The van der Waals surface area contributed by atoms with Crippen LogP contribution in [0.1, 0.15) is 24.0 Å². The Morgan fingerprint density at radius 2 is 2.00 bits per heavy atom. The van der Waals surface area contributed by atoms with Gasteiger partial charge in [-0.25, -0.2) is 13.4 Å². The highest BCUT2D eigenvalue weighted by Gasteiger charge is 2.55. The minimum Gasteiger partial charge on any atom is -0.370 e. The van der Waals surface area contributed by atoms with E-state index in [1.807, 2.05) is 18.2 Å². The summed E-state index contributed by atoms with van der Waals surface area (Å²) in [7, 11) is -3.38. The Hall–Kier alpha value is -2.06. The first-order chi connectivity index (χ1) is 10.8. The molecule has 4 rings (SSSR count). The molecule has 1 aromatic rings. The summed E-state index contributed by atoms with van der Waals surface area (Å²) in [6.45, 7) is 0.488. The number of hydrogen-bond donors (Lipinski definition) is 3. The molecule has 0 aromatic heterocycles. The smallest absolute Gasteiger partial charge is 0.232 e. The first-order valence-electron chi connectivity index (χ1n) is 7.45. The van der Waals surface area contributed by atoms with Gasteiger partial charge in [0.15, 0.2) is 5.96 Å². The zero-order chi connectivity index (χ0) is 16.5. The van der Waals surface area contributed by atoms with E-state index in [9.17, 15) is 8.42 Å². The second-order valence-electron chi connectivity index (χ2n) is 6.58. The summed E-state index contributed by atoms with van der Waals surface area (Å²) in [4.78, 5) is 3.94. The van der Waals surface area contributed by atoms with Crippen molar-refractivity contribution in [2.45, 2.75) is 23.9 Å². The van der Waals surface area contributed by atoms with Crippen molar-refractivity contribution in [1.82, 2.24) is 5.32 Å². The van der Waals surface area contributed by atoms with Gasteiger partial charge in [0.1, 0.15) is 5.66 Å². The Morgan fingerprint density at radius 1 is 1.30 bits per heavy atom. The lowest BCUT2D eigenvalue weighted by molar-refractivity contribution is 0.511. The third kappa shape index (κ3) is 2.05. The van der Waals surface area contributed by atoms with Crippen LogP contribution in [0.15, 0.2) is 35.5 Å². The molecule has 8 heteroatoms. The van der Waals surface area contributed by atoms with Gasteiger partial charge >= 0.3 is 0 Å². The molecule has 1 aromatic carbocycles. The van der Waals surface area contributed by atoms with Crippen LogP contribution in [0.3, 0.4) is 0 Å². The number of fused-ring (bicyclic) bond motifs is 2. The standard InChI is InChI=1S/C15H19N5O2S/c1-23(21,22)20-9-14(5-6-14)10-3-2-4-11(12(10)20)15(17)7-8-18-13(16)19-15/h2-4,7-8H,5-6,9,17H2,1H3,(H3,16,18,19). The van der Waals surface area contributed by atoms with Crippen LogP contribution < -0.4 is 21.1 Å². The number of anilines is 1. The van der Waals surface area contributed by atoms with E-state index >= 15 is 0 Å². The first kappa shape index (κ1) is 14.5. The van der Waals surface area contributed by atoms with E-state index in [0.717, 1.165) is 18.4 Å². The fourth-order valence-corrected chi connectivity index (χ4v) is 4.56. The van der Waals surface area contributed by atoms with E-state index in [1.54, 1.807) is 6.08 Å². The van der Waals surface area contributed by atoms with Gasteiger partial charge < -0.3 is 16.8 Å². The van der Waals surface area contributed by atoms with E-state index < -0.39 is 15.7 Å². The molecule has 3 aliphatic rings. The zero-order valence-corrected chi connectivity index (χ0v) is 13.6. The predicted molar refractivity (Wildman–Crippen MR) is 89.3 cm³/mol. The maximum Gasteiger partial charge on any atom is 0.232 e. The van der Waals surface area contributed by atoms with E-state index in [0.29, 0.717) is 17.8 Å². The van der Waals surface area contributed by atoms with Gasteiger partial charge in [-0.1, -0.05) is 18.2 Å². The summed E-state index contributed by atoms with van der Waals surface area (Å²) in [5, 5.41) is 2.96. The molecular formula is C15H19N5O2S. The number of nitrogens with zero attached hydrogens (tertiary/aromatic N) is 2. The van der Waals surface area contributed by atoms with Crippen molar-refractivity contribution in [3.63, 3.8) is 0 Å². The number of para-hydroxylation sites is 1. The van der Waals surface area contributed by atoms with Gasteiger partial charge in [0, 0.05) is 23.7 Å². The van der Waals surface area contributed by atoms with E-state index in [2.05, 4.69) is 10.3 Å². The minimum absolute atomic E-state index is 0.0528. The van der Waals surface area contributed by atoms with E-state index in [4.69, 9.17) is 11.5 Å². The van der Waals surface area contributed by atoms with Crippen molar-refractivity contribution < 1.29 is 8.42 Å². The number of aliphatic imine (C=N–C) groups is 1. The molecule has 1 unspecified atom stereocenters. The van der Waals surface area contributed by atoms with E-state index in [1.165, 1.54) is 16.8 Å². The summed E-state index contributed by atoms with van der Waals surface area (Å²) in [5.41, 5.74) is 13.5. The lowest BCUT2D eigenvalue weighted by Crippen LogP contribution is -2.55.